The first-order chi connectivity index (χ1) is 15.8. The molecule has 0 bridgehead atoms. The molecule has 172 valence electrons. The number of aryl methyl sites for hydroxylation is 1. The number of carbonyl (C=O) groups excluding carboxylic acids is 2. The summed E-state index contributed by atoms with van der Waals surface area (Å²) in [6.07, 6.45) is 0.476. The Labute approximate surface area is 195 Å². The van der Waals surface area contributed by atoms with Crippen molar-refractivity contribution in [2.45, 2.75) is 52.2 Å². The number of amides is 2. The third kappa shape index (κ3) is 7.01. The zero-order valence-electron chi connectivity index (χ0n) is 19.4. The number of hydrogen-bond donors (Lipinski definition) is 1. The highest BCUT2D eigenvalue weighted by atomic mass is 19.1. The van der Waals surface area contributed by atoms with Gasteiger partial charge in [-0.1, -0.05) is 78.4 Å². The minimum absolute atomic E-state index is 0.0142. The summed E-state index contributed by atoms with van der Waals surface area (Å²) in [5, 5.41) is 2.95. The van der Waals surface area contributed by atoms with Crippen LogP contribution in [0.15, 0.2) is 78.9 Å². The zero-order chi connectivity index (χ0) is 23.8. The number of benzene rings is 3. The summed E-state index contributed by atoms with van der Waals surface area (Å²) in [4.78, 5) is 28.4. The number of carbonyl (C=O) groups is 2. The molecule has 0 aliphatic heterocycles. The van der Waals surface area contributed by atoms with E-state index in [1.54, 1.807) is 18.2 Å². The van der Waals surface area contributed by atoms with E-state index >= 15 is 0 Å². The Morgan fingerprint density at radius 1 is 0.909 bits per heavy atom. The SMILES string of the molecule is Cc1cccc(CC(=O)N(Cc2ccccc2F)[C@@H](Cc2ccccc2)C(=O)NC(C)C)c1. The molecule has 2 amide bonds. The molecule has 0 radical (unpaired) electrons. The Morgan fingerprint density at radius 2 is 1.58 bits per heavy atom. The van der Waals surface area contributed by atoms with Crippen LogP contribution in [-0.2, 0) is 29.0 Å². The lowest BCUT2D eigenvalue weighted by Gasteiger charge is -2.32. The lowest BCUT2D eigenvalue weighted by Crippen LogP contribution is -2.52. The number of rotatable bonds is 9. The normalized spacial score (nSPS) is 11.8. The van der Waals surface area contributed by atoms with E-state index in [0.717, 1.165) is 16.7 Å². The van der Waals surface area contributed by atoms with Gasteiger partial charge in [0.15, 0.2) is 0 Å². The molecule has 0 spiro atoms. The molecule has 0 saturated heterocycles. The maximum Gasteiger partial charge on any atom is 0.243 e. The average Bonchev–Trinajstić information content (AvgIpc) is 2.77. The van der Waals surface area contributed by atoms with Gasteiger partial charge in [-0.3, -0.25) is 9.59 Å². The highest BCUT2D eigenvalue weighted by Crippen LogP contribution is 2.18. The Hall–Kier alpha value is -3.47. The van der Waals surface area contributed by atoms with Gasteiger partial charge in [-0.25, -0.2) is 4.39 Å². The van der Waals surface area contributed by atoms with Crippen molar-refractivity contribution in [2.75, 3.05) is 0 Å². The maximum absolute atomic E-state index is 14.6. The lowest BCUT2D eigenvalue weighted by atomic mass is 10.0. The fourth-order valence-electron chi connectivity index (χ4n) is 3.84. The standard InChI is InChI=1S/C28H31FN2O2/c1-20(2)30-28(33)26(17-22-11-5-4-6-12-22)31(19-24-14-7-8-15-25(24)29)27(32)18-23-13-9-10-21(3)16-23/h4-16,20,26H,17-19H2,1-3H3,(H,30,33)/t26-/m0/s1. The van der Waals surface area contributed by atoms with Crippen LogP contribution in [0.3, 0.4) is 0 Å². The Kier molecular flexibility index (Phi) is 8.36. The van der Waals surface area contributed by atoms with Gasteiger partial charge in [0.2, 0.25) is 11.8 Å². The Balaban J connectivity index is 1.98. The van der Waals surface area contributed by atoms with Gasteiger partial charge in [0.05, 0.1) is 6.42 Å². The molecule has 0 saturated carbocycles. The Morgan fingerprint density at radius 3 is 2.24 bits per heavy atom. The van der Waals surface area contributed by atoms with E-state index in [1.165, 1.54) is 11.0 Å². The third-order valence-corrected chi connectivity index (χ3v) is 5.44. The fraction of sp³-hybridized carbons (Fsp3) is 0.286. The largest absolute Gasteiger partial charge is 0.352 e. The van der Waals surface area contributed by atoms with Crippen LogP contribution in [0.25, 0.3) is 0 Å². The molecule has 0 aliphatic carbocycles. The van der Waals surface area contributed by atoms with Crippen LogP contribution >= 0.6 is 0 Å². The van der Waals surface area contributed by atoms with E-state index in [-0.39, 0.29) is 30.8 Å². The van der Waals surface area contributed by atoms with Gasteiger partial charge >= 0.3 is 0 Å². The molecule has 3 aromatic rings. The molecule has 0 fully saturated rings. The predicted molar refractivity (Wildman–Crippen MR) is 129 cm³/mol. The van der Waals surface area contributed by atoms with Crippen molar-refractivity contribution < 1.29 is 14.0 Å². The monoisotopic (exact) mass is 446 g/mol. The first-order valence-electron chi connectivity index (χ1n) is 11.3. The van der Waals surface area contributed by atoms with Gasteiger partial charge < -0.3 is 10.2 Å². The minimum atomic E-state index is -0.772. The highest BCUT2D eigenvalue weighted by molar-refractivity contribution is 5.89. The second-order valence-corrected chi connectivity index (χ2v) is 8.65. The van der Waals surface area contributed by atoms with Crippen LogP contribution in [-0.4, -0.2) is 28.8 Å². The molecule has 3 rings (SSSR count). The summed E-state index contributed by atoms with van der Waals surface area (Å²) in [6, 6.07) is 22.8. The fourth-order valence-corrected chi connectivity index (χ4v) is 3.84. The van der Waals surface area contributed by atoms with Gasteiger partial charge in [-0.2, -0.15) is 0 Å². The van der Waals surface area contributed by atoms with Crippen molar-refractivity contribution >= 4 is 11.8 Å². The molecule has 3 aromatic carbocycles. The quantitative estimate of drug-likeness (QED) is 0.511. The van der Waals surface area contributed by atoms with Crippen molar-refractivity contribution in [3.8, 4) is 0 Å². The van der Waals surface area contributed by atoms with Crippen molar-refractivity contribution in [3.05, 3.63) is 107 Å². The van der Waals surface area contributed by atoms with E-state index < -0.39 is 11.9 Å². The average molecular weight is 447 g/mol. The summed E-state index contributed by atoms with van der Waals surface area (Å²) >= 11 is 0. The topological polar surface area (TPSA) is 49.4 Å². The first kappa shape index (κ1) is 24.2. The van der Waals surface area contributed by atoms with E-state index in [4.69, 9.17) is 0 Å². The van der Waals surface area contributed by atoms with Gasteiger partial charge in [-0.05, 0) is 38.0 Å². The van der Waals surface area contributed by atoms with Crippen LogP contribution in [0.5, 0.6) is 0 Å². The van der Waals surface area contributed by atoms with Crippen molar-refractivity contribution in [2.24, 2.45) is 0 Å². The minimum Gasteiger partial charge on any atom is -0.352 e. The smallest absolute Gasteiger partial charge is 0.243 e. The molecule has 0 unspecified atom stereocenters. The number of nitrogens with zero attached hydrogens (tertiary/aromatic N) is 1. The summed E-state index contributed by atoms with van der Waals surface area (Å²) in [5.41, 5.74) is 3.23. The molecule has 0 heterocycles. The zero-order valence-corrected chi connectivity index (χ0v) is 19.4. The van der Waals surface area contributed by atoms with E-state index in [9.17, 15) is 14.0 Å². The molecule has 1 N–H and O–H groups in total. The molecule has 5 heteroatoms. The second kappa shape index (κ2) is 11.4. The molecule has 0 aliphatic rings. The molecular formula is C28H31FN2O2. The summed E-state index contributed by atoms with van der Waals surface area (Å²) in [5.74, 6) is -0.861. The summed E-state index contributed by atoms with van der Waals surface area (Å²) in [7, 11) is 0. The van der Waals surface area contributed by atoms with E-state index in [0.29, 0.717) is 12.0 Å². The summed E-state index contributed by atoms with van der Waals surface area (Å²) in [6.45, 7) is 5.75. The summed E-state index contributed by atoms with van der Waals surface area (Å²) < 4.78 is 14.6. The van der Waals surface area contributed by atoms with Gasteiger partial charge in [0.25, 0.3) is 0 Å². The van der Waals surface area contributed by atoms with Crippen molar-refractivity contribution in [1.29, 1.82) is 0 Å². The molecule has 33 heavy (non-hydrogen) atoms. The number of hydrogen-bond acceptors (Lipinski definition) is 2. The Bertz CT molecular complexity index is 1080. The van der Waals surface area contributed by atoms with Crippen LogP contribution < -0.4 is 5.32 Å². The van der Waals surface area contributed by atoms with E-state index in [1.807, 2.05) is 75.4 Å². The highest BCUT2D eigenvalue weighted by Gasteiger charge is 2.31. The maximum atomic E-state index is 14.6. The molecular weight excluding hydrogens is 415 g/mol. The number of halogens is 1. The molecule has 4 nitrogen and oxygen atoms in total. The van der Waals surface area contributed by atoms with Crippen LogP contribution in [0.4, 0.5) is 4.39 Å². The van der Waals surface area contributed by atoms with Crippen LogP contribution in [0, 0.1) is 12.7 Å². The van der Waals surface area contributed by atoms with E-state index in [2.05, 4.69) is 5.32 Å². The number of nitrogens with one attached hydrogen (secondary N) is 1. The lowest BCUT2D eigenvalue weighted by molar-refractivity contribution is -0.141. The van der Waals surface area contributed by atoms with Crippen LogP contribution in [0.1, 0.15) is 36.1 Å². The van der Waals surface area contributed by atoms with Crippen molar-refractivity contribution in [1.82, 2.24) is 10.2 Å². The van der Waals surface area contributed by atoms with Gasteiger partial charge in [0.1, 0.15) is 11.9 Å². The second-order valence-electron chi connectivity index (χ2n) is 8.65. The first-order valence-corrected chi connectivity index (χ1v) is 11.3. The van der Waals surface area contributed by atoms with Crippen molar-refractivity contribution in [3.63, 3.8) is 0 Å². The van der Waals surface area contributed by atoms with Gasteiger partial charge in [-0.15, -0.1) is 0 Å². The van der Waals surface area contributed by atoms with Crippen LogP contribution in [0.2, 0.25) is 0 Å². The van der Waals surface area contributed by atoms with Gasteiger partial charge in [0, 0.05) is 24.6 Å². The molecule has 1 atom stereocenters. The third-order valence-electron chi connectivity index (χ3n) is 5.44. The predicted octanol–water partition coefficient (Wildman–Crippen LogP) is 4.84. The molecule has 0 aromatic heterocycles.